The van der Waals surface area contributed by atoms with Crippen molar-refractivity contribution in [1.29, 1.82) is 0 Å². The first kappa shape index (κ1) is 14.4. The van der Waals surface area contributed by atoms with Crippen LogP contribution < -0.4 is 5.73 Å². The highest BCUT2D eigenvalue weighted by molar-refractivity contribution is 5.80. The monoisotopic (exact) mass is 278 g/mol. The van der Waals surface area contributed by atoms with Gasteiger partial charge >= 0.3 is 0 Å². The van der Waals surface area contributed by atoms with Crippen molar-refractivity contribution in [3.05, 3.63) is 0 Å². The first-order valence-corrected chi connectivity index (χ1v) is 8.66. The molecule has 3 heteroatoms. The largest absolute Gasteiger partial charge is 0.342 e. The molecule has 3 nitrogen and oxygen atoms in total. The van der Waals surface area contributed by atoms with Crippen LogP contribution in [-0.4, -0.2) is 29.9 Å². The van der Waals surface area contributed by atoms with Gasteiger partial charge in [-0.15, -0.1) is 0 Å². The number of amides is 1. The van der Waals surface area contributed by atoms with E-state index in [0.717, 1.165) is 19.5 Å². The van der Waals surface area contributed by atoms with E-state index in [2.05, 4.69) is 11.8 Å². The zero-order valence-electron chi connectivity index (χ0n) is 12.9. The molecule has 2 N–H and O–H groups in total. The van der Waals surface area contributed by atoms with Crippen LogP contribution in [0, 0.1) is 17.3 Å². The van der Waals surface area contributed by atoms with E-state index in [1.165, 1.54) is 51.4 Å². The van der Waals surface area contributed by atoms with Crippen LogP contribution in [0.5, 0.6) is 0 Å². The first-order valence-electron chi connectivity index (χ1n) is 8.66. The molecule has 20 heavy (non-hydrogen) atoms. The Bertz CT molecular complexity index is 342. The second-order valence-electron chi connectivity index (χ2n) is 7.63. The van der Waals surface area contributed by atoms with Crippen molar-refractivity contribution in [3.8, 4) is 0 Å². The van der Waals surface area contributed by atoms with Gasteiger partial charge in [-0.2, -0.15) is 0 Å². The van der Waals surface area contributed by atoms with E-state index in [0.29, 0.717) is 17.2 Å². The third kappa shape index (κ3) is 2.61. The summed E-state index contributed by atoms with van der Waals surface area (Å²) in [5.74, 6) is 0.910. The lowest BCUT2D eigenvalue weighted by Crippen LogP contribution is -2.51. The molecule has 114 valence electrons. The Hall–Kier alpha value is -0.570. The van der Waals surface area contributed by atoms with E-state index in [-0.39, 0.29) is 12.0 Å². The highest BCUT2D eigenvalue weighted by atomic mass is 16.2. The summed E-state index contributed by atoms with van der Waals surface area (Å²) in [6, 6.07) is 0.0913. The summed E-state index contributed by atoms with van der Waals surface area (Å²) >= 11 is 0. The van der Waals surface area contributed by atoms with Gasteiger partial charge in [0.25, 0.3) is 0 Å². The molecule has 3 unspecified atom stereocenters. The number of carbonyl (C=O) groups excluding carboxylic acids is 1. The molecule has 1 amide bonds. The Balaban J connectivity index is 1.60. The zero-order valence-corrected chi connectivity index (χ0v) is 12.9. The number of hydrogen-bond donors (Lipinski definition) is 1. The Morgan fingerprint density at radius 1 is 1.05 bits per heavy atom. The summed E-state index contributed by atoms with van der Waals surface area (Å²) in [4.78, 5) is 15.0. The van der Waals surface area contributed by atoms with Crippen molar-refractivity contribution in [1.82, 2.24) is 4.90 Å². The zero-order chi connectivity index (χ0) is 14.2. The molecule has 1 spiro atoms. The van der Waals surface area contributed by atoms with Crippen molar-refractivity contribution in [2.45, 2.75) is 70.8 Å². The SMILES string of the molecule is CC1CCCC(N)C1C(=O)N1CCC2(CCCC2)CC1. The molecule has 2 saturated carbocycles. The number of hydrogen-bond acceptors (Lipinski definition) is 2. The van der Waals surface area contributed by atoms with Crippen LogP contribution in [0.1, 0.15) is 64.7 Å². The third-order valence-corrected chi connectivity index (χ3v) is 6.36. The molecule has 0 aromatic carbocycles. The minimum Gasteiger partial charge on any atom is -0.342 e. The Morgan fingerprint density at radius 2 is 1.70 bits per heavy atom. The number of carbonyl (C=O) groups is 1. The van der Waals surface area contributed by atoms with E-state index in [9.17, 15) is 4.79 Å². The lowest BCUT2D eigenvalue weighted by Gasteiger charge is -2.43. The van der Waals surface area contributed by atoms with E-state index in [1.807, 2.05) is 0 Å². The third-order valence-electron chi connectivity index (χ3n) is 6.36. The van der Waals surface area contributed by atoms with E-state index in [4.69, 9.17) is 5.73 Å². The van der Waals surface area contributed by atoms with Gasteiger partial charge in [-0.25, -0.2) is 0 Å². The van der Waals surface area contributed by atoms with Gasteiger partial charge in [0.15, 0.2) is 0 Å². The fourth-order valence-electron chi connectivity index (χ4n) is 4.92. The van der Waals surface area contributed by atoms with Crippen LogP contribution in [0.15, 0.2) is 0 Å². The molecule has 0 bridgehead atoms. The minimum atomic E-state index is 0.0846. The summed E-state index contributed by atoms with van der Waals surface area (Å²) in [6.07, 6.45) is 11.4. The number of piperidine rings is 1. The van der Waals surface area contributed by atoms with Crippen molar-refractivity contribution in [2.75, 3.05) is 13.1 Å². The molecule has 3 atom stereocenters. The van der Waals surface area contributed by atoms with Crippen LogP contribution in [0.2, 0.25) is 0 Å². The average Bonchev–Trinajstić information content (AvgIpc) is 2.87. The maximum absolute atomic E-state index is 12.8. The maximum atomic E-state index is 12.8. The lowest BCUT2D eigenvalue weighted by molar-refractivity contribution is -0.141. The fourth-order valence-corrected chi connectivity index (χ4v) is 4.92. The molecule has 0 aromatic heterocycles. The molecule has 3 rings (SSSR count). The molecule has 2 aliphatic carbocycles. The molecule has 1 heterocycles. The summed E-state index contributed by atoms with van der Waals surface area (Å²) in [7, 11) is 0. The van der Waals surface area contributed by atoms with Crippen LogP contribution >= 0.6 is 0 Å². The van der Waals surface area contributed by atoms with Gasteiger partial charge in [-0.3, -0.25) is 4.79 Å². The van der Waals surface area contributed by atoms with Gasteiger partial charge in [-0.1, -0.05) is 26.2 Å². The first-order chi connectivity index (χ1) is 9.61. The van der Waals surface area contributed by atoms with Gasteiger partial charge in [-0.05, 0) is 49.9 Å². The van der Waals surface area contributed by atoms with Gasteiger partial charge in [0, 0.05) is 19.1 Å². The Kier molecular flexibility index (Phi) is 4.07. The summed E-state index contributed by atoms with van der Waals surface area (Å²) in [6.45, 7) is 4.17. The van der Waals surface area contributed by atoms with Crippen LogP contribution in [-0.2, 0) is 4.79 Å². The quantitative estimate of drug-likeness (QED) is 0.801. The maximum Gasteiger partial charge on any atom is 0.227 e. The van der Waals surface area contributed by atoms with Gasteiger partial charge in [0.05, 0.1) is 5.92 Å². The standard InChI is InChI=1S/C17H30N2O/c1-13-5-4-6-14(18)15(13)16(20)19-11-9-17(10-12-19)7-2-3-8-17/h13-15H,2-12,18H2,1H3. The van der Waals surface area contributed by atoms with Crippen LogP contribution in [0.3, 0.4) is 0 Å². The van der Waals surface area contributed by atoms with Gasteiger partial charge in [0.1, 0.15) is 0 Å². The second-order valence-corrected chi connectivity index (χ2v) is 7.63. The molecular weight excluding hydrogens is 248 g/mol. The van der Waals surface area contributed by atoms with E-state index in [1.54, 1.807) is 0 Å². The molecule has 1 saturated heterocycles. The van der Waals surface area contributed by atoms with Crippen molar-refractivity contribution in [3.63, 3.8) is 0 Å². The molecule has 0 radical (unpaired) electrons. The Labute approximate surface area is 123 Å². The summed E-state index contributed by atoms with van der Waals surface area (Å²) in [5, 5.41) is 0. The number of rotatable bonds is 1. The summed E-state index contributed by atoms with van der Waals surface area (Å²) < 4.78 is 0. The smallest absolute Gasteiger partial charge is 0.227 e. The highest BCUT2D eigenvalue weighted by Gasteiger charge is 2.41. The normalized spacial score (nSPS) is 37.3. The molecular formula is C17H30N2O. The number of nitrogens with zero attached hydrogens (tertiary/aromatic N) is 1. The predicted octanol–water partition coefficient (Wildman–Crippen LogP) is 2.93. The number of nitrogens with two attached hydrogens (primary N) is 1. The van der Waals surface area contributed by atoms with Crippen LogP contribution in [0.25, 0.3) is 0 Å². The highest BCUT2D eigenvalue weighted by Crippen LogP contribution is 2.46. The van der Waals surface area contributed by atoms with Gasteiger partial charge < -0.3 is 10.6 Å². The topological polar surface area (TPSA) is 46.3 Å². The summed E-state index contributed by atoms with van der Waals surface area (Å²) in [5.41, 5.74) is 6.84. The average molecular weight is 278 g/mol. The number of likely N-dealkylation sites (tertiary alicyclic amines) is 1. The van der Waals surface area contributed by atoms with E-state index < -0.39 is 0 Å². The Morgan fingerprint density at radius 3 is 2.30 bits per heavy atom. The predicted molar refractivity (Wildman–Crippen MR) is 81.2 cm³/mol. The van der Waals surface area contributed by atoms with Crippen molar-refractivity contribution < 1.29 is 4.79 Å². The lowest BCUT2D eigenvalue weighted by atomic mass is 9.74. The fraction of sp³-hybridized carbons (Fsp3) is 0.941. The van der Waals surface area contributed by atoms with Gasteiger partial charge in [0.2, 0.25) is 5.91 Å². The van der Waals surface area contributed by atoms with E-state index >= 15 is 0 Å². The van der Waals surface area contributed by atoms with Crippen LogP contribution in [0.4, 0.5) is 0 Å². The molecule has 0 aromatic rings. The van der Waals surface area contributed by atoms with Crippen molar-refractivity contribution >= 4 is 5.91 Å². The molecule has 1 aliphatic heterocycles. The van der Waals surface area contributed by atoms with Crippen molar-refractivity contribution in [2.24, 2.45) is 23.0 Å². The minimum absolute atomic E-state index is 0.0846. The molecule has 3 aliphatic rings. The second kappa shape index (κ2) is 5.67. The molecule has 3 fully saturated rings.